The quantitative estimate of drug-likeness (QED) is 0.864. The first-order valence-electron chi connectivity index (χ1n) is 5.15. The molecular formula is C11H11F2NO3. The summed E-state index contributed by atoms with van der Waals surface area (Å²) in [7, 11) is 0. The van der Waals surface area contributed by atoms with E-state index in [9.17, 15) is 13.6 Å². The lowest BCUT2D eigenvalue weighted by molar-refractivity contribution is -0.126. The minimum absolute atomic E-state index is 0.263. The first-order chi connectivity index (χ1) is 8.16. The average molecular weight is 243 g/mol. The predicted octanol–water partition coefficient (Wildman–Crippen LogP) is 2.05. The zero-order valence-electron chi connectivity index (χ0n) is 8.91. The maximum atomic E-state index is 12.1. The van der Waals surface area contributed by atoms with Gasteiger partial charge in [0.25, 0.3) is 5.91 Å². The normalized spacial score (nSPS) is 14.3. The molecule has 1 aliphatic rings. The van der Waals surface area contributed by atoms with Crippen LogP contribution in [0.5, 0.6) is 11.5 Å². The Labute approximate surface area is 96.5 Å². The lowest BCUT2D eigenvalue weighted by Crippen LogP contribution is -2.20. The Balaban J connectivity index is 2.15. The van der Waals surface area contributed by atoms with E-state index in [4.69, 9.17) is 9.47 Å². The van der Waals surface area contributed by atoms with Gasteiger partial charge in [-0.05, 0) is 12.1 Å². The van der Waals surface area contributed by atoms with Gasteiger partial charge in [-0.15, -0.1) is 0 Å². The van der Waals surface area contributed by atoms with Gasteiger partial charge in [-0.1, -0.05) is 0 Å². The minimum Gasteiger partial charge on any atom is -0.490 e. The number of nitrogens with one attached hydrogen (secondary N) is 1. The Kier molecular flexibility index (Phi) is 3.41. The van der Waals surface area contributed by atoms with Crippen LogP contribution in [0.25, 0.3) is 0 Å². The fraction of sp³-hybridized carbons (Fsp3) is 0.364. The zero-order valence-corrected chi connectivity index (χ0v) is 8.91. The SMILES string of the molecule is O=C(Nc1ccc2c(c1)OCCCO2)C(F)F. The lowest BCUT2D eigenvalue weighted by atomic mass is 10.2. The van der Waals surface area contributed by atoms with Crippen molar-refractivity contribution in [1.82, 2.24) is 0 Å². The van der Waals surface area contributed by atoms with Crippen LogP contribution in [0.1, 0.15) is 6.42 Å². The van der Waals surface area contributed by atoms with E-state index in [2.05, 4.69) is 5.32 Å². The van der Waals surface area contributed by atoms with Gasteiger partial charge in [-0.3, -0.25) is 4.79 Å². The van der Waals surface area contributed by atoms with Gasteiger partial charge in [0.2, 0.25) is 0 Å². The second-order valence-corrected chi connectivity index (χ2v) is 3.50. The zero-order chi connectivity index (χ0) is 12.3. The summed E-state index contributed by atoms with van der Waals surface area (Å²) in [6.07, 6.45) is -2.28. The highest BCUT2D eigenvalue weighted by atomic mass is 19.3. The molecule has 0 saturated carbocycles. The van der Waals surface area contributed by atoms with Crippen LogP contribution in [0, 0.1) is 0 Å². The van der Waals surface area contributed by atoms with Gasteiger partial charge in [0.15, 0.2) is 11.5 Å². The Bertz CT molecular complexity index is 423. The fourth-order valence-corrected chi connectivity index (χ4v) is 1.44. The number of hydrogen-bond acceptors (Lipinski definition) is 3. The van der Waals surface area contributed by atoms with Crippen LogP contribution in [0.3, 0.4) is 0 Å². The Hall–Kier alpha value is -1.85. The molecule has 6 heteroatoms. The fourth-order valence-electron chi connectivity index (χ4n) is 1.44. The highest BCUT2D eigenvalue weighted by Gasteiger charge is 2.16. The van der Waals surface area contributed by atoms with Crippen molar-refractivity contribution in [3.63, 3.8) is 0 Å². The molecule has 0 saturated heterocycles. The van der Waals surface area contributed by atoms with Crippen molar-refractivity contribution < 1.29 is 23.0 Å². The Morgan fingerprint density at radius 3 is 2.65 bits per heavy atom. The molecule has 0 atom stereocenters. The Morgan fingerprint density at radius 1 is 1.24 bits per heavy atom. The van der Waals surface area contributed by atoms with Gasteiger partial charge >= 0.3 is 6.43 Å². The summed E-state index contributed by atoms with van der Waals surface area (Å²) in [5.74, 6) is -0.327. The number of carbonyl (C=O) groups is 1. The van der Waals surface area contributed by atoms with Gasteiger partial charge < -0.3 is 14.8 Å². The number of hydrogen-bond donors (Lipinski definition) is 1. The number of fused-ring (bicyclic) bond motifs is 1. The van der Waals surface area contributed by atoms with Crippen molar-refractivity contribution >= 4 is 11.6 Å². The summed E-state index contributed by atoms with van der Waals surface area (Å²) in [6, 6.07) is 4.55. The van der Waals surface area contributed by atoms with E-state index >= 15 is 0 Å². The van der Waals surface area contributed by atoms with Crippen LogP contribution in [-0.2, 0) is 4.79 Å². The van der Waals surface area contributed by atoms with Gasteiger partial charge in [0, 0.05) is 18.2 Å². The first-order valence-corrected chi connectivity index (χ1v) is 5.15. The number of amides is 1. The van der Waals surface area contributed by atoms with Crippen LogP contribution in [0.2, 0.25) is 0 Å². The van der Waals surface area contributed by atoms with E-state index in [-0.39, 0.29) is 5.69 Å². The second-order valence-electron chi connectivity index (χ2n) is 3.50. The van der Waals surface area contributed by atoms with Crippen LogP contribution in [0.15, 0.2) is 18.2 Å². The number of carbonyl (C=O) groups excluding carboxylic acids is 1. The molecule has 1 N–H and O–H groups in total. The number of rotatable bonds is 2. The van der Waals surface area contributed by atoms with Crippen molar-refractivity contribution in [1.29, 1.82) is 0 Å². The molecule has 0 bridgehead atoms. The molecule has 4 nitrogen and oxygen atoms in total. The standard InChI is InChI=1S/C11H11F2NO3/c12-10(13)11(15)14-7-2-3-8-9(6-7)17-5-1-4-16-8/h2-3,6,10H,1,4-5H2,(H,14,15). The van der Waals surface area contributed by atoms with E-state index in [0.717, 1.165) is 6.42 Å². The highest BCUT2D eigenvalue weighted by Crippen LogP contribution is 2.32. The van der Waals surface area contributed by atoms with Crippen molar-refractivity contribution in [2.75, 3.05) is 18.5 Å². The summed E-state index contributed by atoms with van der Waals surface area (Å²) in [4.78, 5) is 10.8. The maximum Gasteiger partial charge on any atom is 0.315 e. The molecule has 2 rings (SSSR count). The average Bonchev–Trinajstić information content (AvgIpc) is 2.53. The van der Waals surface area contributed by atoms with Crippen molar-refractivity contribution in [2.24, 2.45) is 0 Å². The third-order valence-corrected chi connectivity index (χ3v) is 2.21. The molecule has 1 aliphatic heterocycles. The van der Waals surface area contributed by atoms with Crippen LogP contribution in [-0.4, -0.2) is 25.5 Å². The molecule has 0 fully saturated rings. The molecule has 92 valence electrons. The largest absolute Gasteiger partial charge is 0.490 e. The molecule has 17 heavy (non-hydrogen) atoms. The molecule has 1 heterocycles. The third-order valence-electron chi connectivity index (χ3n) is 2.21. The molecule has 0 radical (unpaired) electrons. The number of benzene rings is 1. The van der Waals surface area contributed by atoms with Crippen molar-refractivity contribution in [3.05, 3.63) is 18.2 Å². The maximum absolute atomic E-state index is 12.1. The van der Waals surface area contributed by atoms with Gasteiger partial charge in [-0.25, -0.2) is 0 Å². The van der Waals surface area contributed by atoms with Gasteiger partial charge in [0.1, 0.15) is 0 Å². The van der Waals surface area contributed by atoms with E-state index in [1.165, 1.54) is 12.1 Å². The molecule has 1 aromatic rings. The monoisotopic (exact) mass is 243 g/mol. The van der Waals surface area contributed by atoms with Crippen molar-refractivity contribution in [3.8, 4) is 11.5 Å². The van der Waals surface area contributed by atoms with Crippen LogP contribution >= 0.6 is 0 Å². The Morgan fingerprint density at radius 2 is 1.94 bits per heavy atom. The number of halogens is 2. The summed E-state index contributed by atoms with van der Waals surface area (Å²) in [5, 5.41) is 2.09. The highest BCUT2D eigenvalue weighted by molar-refractivity contribution is 5.93. The predicted molar refractivity (Wildman–Crippen MR) is 56.7 cm³/mol. The second kappa shape index (κ2) is 4.99. The minimum atomic E-state index is -3.04. The van der Waals surface area contributed by atoms with Crippen molar-refractivity contribution in [2.45, 2.75) is 12.8 Å². The third kappa shape index (κ3) is 2.83. The molecule has 0 unspecified atom stereocenters. The molecule has 1 amide bonds. The number of ether oxygens (including phenoxy) is 2. The molecule has 0 aromatic heterocycles. The topological polar surface area (TPSA) is 47.6 Å². The smallest absolute Gasteiger partial charge is 0.315 e. The molecular weight excluding hydrogens is 232 g/mol. The molecule has 0 aliphatic carbocycles. The number of alkyl halides is 2. The van der Waals surface area contributed by atoms with E-state index in [1.54, 1.807) is 6.07 Å². The first kappa shape index (κ1) is 11.6. The summed E-state index contributed by atoms with van der Waals surface area (Å²) in [5.41, 5.74) is 0.263. The number of anilines is 1. The lowest BCUT2D eigenvalue weighted by Gasteiger charge is -2.10. The molecule has 1 aromatic carbocycles. The van der Waals surface area contributed by atoms with Crippen LogP contribution < -0.4 is 14.8 Å². The van der Waals surface area contributed by atoms with E-state index in [0.29, 0.717) is 24.7 Å². The van der Waals surface area contributed by atoms with Gasteiger partial charge in [-0.2, -0.15) is 8.78 Å². The molecule has 0 spiro atoms. The summed E-state index contributed by atoms with van der Waals surface area (Å²) in [6.45, 7) is 1.05. The van der Waals surface area contributed by atoms with E-state index < -0.39 is 12.3 Å². The summed E-state index contributed by atoms with van der Waals surface area (Å²) < 4.78 is 34.8. The van der Waals surface area contributed by atoms with Gasteiger partial charge in [0.05, 0.1) is 13.2 Å². The van der Waals surface area contributed by atoms with E-state index in [1.807, 2.05) is 0 Å². The van der Waals surface area contributed by atoms with Crippen LogP contribution in [0.4, 0.5) is 14.5 Å². The summed E-state index contributed by atoms with van der Waals surface area (Å²) >= 11 is 0.